The summed E-state index contributed by atoms with van der Waals surface area (Å²) in [6, 6.07) is 5.92. The molecule has 0 unspecified atom stereocenters. The second-order valence-electron chi connectivity index (χ2n) is 4.81. The van der Waals surface area contributed by atoms with Gasteiger partial charge in [0.05, 0.1) is 12.3 Å². The SMILES string of the molecule is CCCOc1ccc(CNC(=O)c2snnc2C)c(C)c1. The van der Waals surface area contributed by atoms with Crippen molar-refractivity contribution >= 4 is 17.4 Å². The van der Waals surface area contributed by atoms with Crippen LogP contribution in [0.4, 0.5) is 0 Å². The van der Waals surface area contributed by atoms with Gasteiger partial charge in [-0.2, -0.15) is 0 Å². The molecular weight excluding hydrogens is 286 g/mol. The van der Waals surface area contributed by atoms with Crippen molar-refractivity contribution in [2.24, 2.45) is 0 Å². The lowest BCUT2D eigenvalue weighted by atomic mass is 10.1. The van der Waals surface area contributed by atoms with Crippen molar-refractivity contribution in [2.45, 2.75) is 33.7 Å². The number of rotatable bonds is 6. The Morgan fingerprint density at radius 3 is 2.81 bits per heavy atom. The molecule has 112 valence electrons. The van der Waals surface area contributed by atoms with Crippen LogP contribution in [-0.4, -0.2) is 22.1 Å². The number of nitrogens with zero attached hydrogens (tertiary/aromatic N) is 2. The Kier molecular flexibility index (Phi) is 5.27. The average Bonchev–Trinajstić information content (AvgIpc) is 2.90. The summed E-state index contributed by atoms with van der Waals surface area (Å²) in [5.41, 5.74) is 2.84. The van der Waals surface area contributed by atoms with Gasteiger partial charge in [0.25, 0.3) is 5.91 Å². The van der Waals surface area contributed by atoms with Crippen LogP contribution in [0.15, 0.2) is 18.2 Å². The molecule has 6 heteroatoms. The zero-order valence-electron chi connectivity index (χ0n) is 12.5. The molecule has 0 bridgehead atoms. The standard InChI is InChI=1S/C15H19N3O2S/c1-4-7-20-13-6-5-12(10(2)8-13)9-16-15(19)14-11(3)17-18-21-14/h5-6,8H,4,7,9H2,1-3H3,(H,16,19). The van der Waals surface area contributed by atoms with Crippen LogP contribution < -0.4 is 10.1 Å². The van der Waals surface area contributed by atoms with E-state index in [0.717, 1.165) is 34.8 Å². The number of carbonyl (C=O) groups is 1. The fourth-order valence-electron chi connectivity index (χ4n) is 1.87. The molecule has 0 radical (unpaired) electrons. The van der Waals surface area contributed by atoms with Crippen LogP contribution in [-0.2, 0) is 6.54 Å². The molecule has 0 aliphatic carbocycles. The molecule has 5 nitrogen and oxygen atoms in total. The summed E-state index contributed by atoms with van der Waals surface area (Å²) in [4.78, 5) is 12.6. The number of aromatic nitrogens is 2. The Morgan fingerprint density at radius 1 is 1.38 bits per heavy atom. The van der Waals surface area contributed by atoms with Crippen molar-refractivity contribution < 1.29 is 9.53 Å². The molecule has 2 rings (SSSR count). The third-order valence-corrected chi connectivity index (χ3v) is 3.91. The first-order valence-electron chi connectivity index (χ1n) is 6.91. The Hall–Kier alpha value is -1.95. The lowest BCUT2D eigenvalue weighted by Gasteiger charge is -2.10. The molecule has 1 aromatic heterocycles. The van der Waals surface area contributed by atoms with Crippen molar-refractivity contribution in [1.29, 1.82) is 0 Å². The topological polar surface area (TPSA) is 64.1 Å². The highest BCUT2D eigenvalue weighted by molar-refractivity contribution is 7.07. The monoisotopic (exact) mass is 305 g/mol. The summed E-state index contributed by atoms with van der Waals surface area (Å²) in [7, 11) is 0. The summed E-state index contributed by atoms with van der Waals surface area (Å²) >= 11 is 1.12. The molecule has 0 spiro atoms. The van der Waals surface area contributed by atoms with Gasteiger partial charge in [-0.05, 0) is 55.1 Å². The van der Waals surface area contributed by atoms with Crippen LogP contribution in [0.1, 0.15) is 39.8 Å². The van der Waals surface area contributed by atoms with Gasteiger partial charge in [0.1, 0.15) is 10.6 Å². The van der Waals surface area contributed by atoms with E-state index in [4.69, 9.17) is 4.74 Å². The van der Waals surface area contributed by atoms with Gasteiger partial charge in [0.2, 0.25) is 0 Å². The predicted molar refractivity (Wildman–Crippen MR) is 82.8 cm³/mol. The number of ether oxygens (including phenoxy) is 1. The summed E-state index contributed by atoms with van der Waals surface area (Å²) in [6.45, 7) is 7.07. The first-order chi connectivity index (χ1) is 10.1. The Labute approximate surface area is 128 Å². The number of nitrogens with one attached hydrogen (secondary N) is 1. The highest BCUT2D eigenvalue weighted by Gasteiger charge is 2.13. The minimum Gasteiger partial charge on any atom is -0.494 e. The number of amides is 1. The van der Waals surface area contributed by atoms with Gasteiger partial charge in [-0.25, -0.2) is 0 Å². The zero-order chi connectivity index (χ0) is 15.2. The van der Waals surface area contributed by atoms with Crippen molar-refractivity contribution in [2.75, 3.05) is 6.61 Å². The molecule has 0 atom stereocenters. The van der Waals surface area contributed by atoms with Crippen LogP contribution in [0.25, 0.3) is 0 Å². The Balaban J connectivity index is 1.97. The van der Waals surface area contributed by atoms with Gasteiger partial charge in [-0.1, -0.05) is 17.5 Å². The third kappa shape index (κ3) is 4.01. The largest absolute Gasteiger partial charge is 0.494 e. The molecule has 0 aliphatic rings. The maximum absolute atomic E-state index is 12.0. The molecule has 1 aromatic carbocycles. The Morgan fingerprint density at radius 2 is 2.19 bits per heavy atom. The quantitative estimate of drug-likeness (QED) is 0.891. The van der Waals surface area contributed by atoms with E-state index in [1.807, 2.05) is 25.1 Å². The van der Waals surface area contributed by atoms with E-state index < -0.39 is 0 Å². The number of hydrogen-bond acceptors (Lipinski definition) is 5. The molecule has 1 N–H and O–H groups in total. The second kappa shape index (κ2) is 7.17. The number of aryl methyl sites for hydroxylation is 2. The number of carbonyl (C=O) groups excluding carboxylic acids is 1. The molecule has 2 aromatic rings. The van der Waals surface area contributed by atoms with Crippen LogP contribution in [0.5, 0.6) is 5.75 Å². The first kappa shape index (κ1) is 15.4. The van der Waals surface area contributed by atoms with Crippen LogP contribution in [0, 0.1) is 13.8 Å². The maximum atomic E-state index is 12.0. The van der Waals surface area contributed by atoms with Crippen molar-refractivity contribution in [3.05, 3.63) is 39.9 Å². The van der Waals surface area contributed by atoms with Crippen molar-refractivity contribution in [1.82, 2.24) is 14.9 Å². The lowest BCUT2D eigenvalue weighted by Crippen LogP contribution is -2.23. The van der Waals surface area contributed by atoms with E-state index in [0.29, 0.717) is 23.7 Å². The normalized spacial score (nSPS) is 10.4. The highest BCUT2D eigenvalue weighted by Crippen LogP contribution is 2.18. The number of benzene rings is 1. The maximum Gasteiger partial charge on any atom is 0.265 e. The second-order valence-corrected chi connectivity index (χ2v) is 5.56. The summed E-state index contributed by atoms with van der Waals surface area (Å²) in [5.74, 6) is 0.736. The smallest absolute Gasteiger partial charge is 0.265 e. The van der Waals surface area contributed by atoms with Gasteiger partial charge < -0.3 is 10.1 Å². The molecular formula is C15H19N3O2S. The first-order valence-corrected chi connectivity index (χ1v) is 7.68. The van der Waals surface area contributed by atoms with E-state index in [2.05, 4.69) is 21.8 Å². The van der Waals surface area contributed by atoms with Crippen LogP contribution in [0.3, 0.4) is 0 Å². The third-order valence-electron chi connectivity index (χ3n) is 3.08. The fraction of sp³-hybridized carbons (Fsp3) is 0.400. The molecule has 0 aliphatic heterocycles. The predicted octanol–water partition coefficient (Wildman–Crippen LogP) is 2.87. The van der Waals surface area contributed by atoms with E-state index >= 15 is 0 Å². The van der Waals surface area contributed by atoms with Gasteiger partial charge in [-0.15, -0.1) is 5.10 Å². The van der Waals surface area contributed by atoms with Crippen LogP contribution in [0.2, 0.25) is 0 Å². The van der Waals surface area contributed by atoms with Crippen molar-refractivity contribution in [3.63, 3.8) is 0 Å². The molecule has 0 saturated heterocycles. The molecule has 0 fully saturated rings. The van der Waals surface area contributed by atoms with Gasteiger partial charge in [0, 0.05) is 6.54 Å². The number of hydrogen-bond donors (Lipinski definition) is 1. The van der Waals surface area contributed by atoms with Gasteiger partial charge in [0.15, 0.2) is 0 Å². The minimum absolute atomic E-state index is 0.131. The molecule has 1 amide bonds. The molecule has 0 saturated carbocycles. The Bertz CT molecular complexity index is 625. The summed E-state index contributed by atoms with van der Waals surface area (Å²) in [6.07, 6.45) is 0.985. The average molecular weight is 305 g/mol. The van der Waals surface area contributed by atoms with E-state index in [-0.39, 0.29) is 5.91 Å². The van der Waals surface area contributed by atoms with Gasteiger partial charge in [-0.3, -0.25) is 4.79 Å². The summed E-state index contributed by atoms with van der Waals surface area (Å²) < 4.78 is 9.36. The molecule has 1 heterocycles. The fourth-order valence-corrected chi connectivity index (χ4v) is 2.44. The summed E-state index contributed by atoms with van der Waals surface area (Å²) in [5, 5.41) is 6.74. The van der Waals surface area contributed by atoms with E-state index in [1.165, 1.54) is 0 Å². The zero-order valence-corrected chi connectivity index (χ0v) is 13.3. The van der Waals surface area contributed by atoms with Crippen molar-refractivity contribution in [3.8, 4) is 5.75 Å². The van der Waals surface area contributed by atoms with Crippen LogP contribution >= 0.6 is 11.5 Å². The minimum atomic E-state index is -0.131. The highest BCUT2D eigenvalue weighted by atomic mass is 32.1. The molecule has 21 heavy (non-hydrogen) atoms. The van der Waals surface area contributed by atoms with E-state index in [9.17, 15) is 4.79 Å². The lowest BCUT2D eigenvalue weighted by molar-refractivity contribution is 0.0954. The van der Waals surface area contributed by atoms with Gasteiger partial charge >= 0.3 is 0 Å². The van der Waals surface area contributed by atoms with E-state index in [1.54, 1.807) is 6.92 Å².